The summed E-state index contributed by atoms with van der Waals surface area (Å²) in [7, 11) is 2.81. The Balaban J connectivity index is 3.40. The summed E-state index contributed by atoms with van der Waals surface area (Å²) < 4.78 is 23.4. The fraction of sp³-hybridized carbons (Fsp3) is 0.400. The number of ether oxygens (including phenoxy) is 2. The third-order valence-corrected chi connectivity index (χ3v) is 2.01. The topological polar surface area (TPSA) is 38.7 Å². The van der Waals surface area contributed by atoms with Crippen LogP contribution in [0.1, 0.15) is 11.1 Å². The van der Waals surface area contributed by atoms with E-state index in [1.165, 1.54) is 20.3 Å². The molecule has 0 atom stereocenters. The average molecular weight is 200 g/mol. The van der Waals surface area contributed by atoms with Gasteiger partial charge in [0.1, 0.15) is 0 Å². The van der Waals surface area contributed by atoms with E-state index in [1.807, 2.05) is 0 Å². The lowest BCUT2D eigenvalue weighted by molar-refractivity contribution is 0.270. The summed E-state index contributed by atoms with van der Waals surface area (Å²) in [6.07, 6.45) is 0. The van der Waals surface area contributed by atoms with Crippen LogP contribution in [-0.2, 0) is 6.61 Å². The maximum absolute atomic E-state index is 13.5. The number of aryl methyl sites for hydroxylation is 1. The Morgan fingerprint density at radius 3 is 2.29 bits per heavy atom. The van der Waals surface area contributed by atoms with Crippen molar-refractivity contribution in [2.45, 2.75) is 13.5 Å². The van der Waals surface area contributed by atoms with E-state index < -0.39 is 5.82 Å². The second-order valence-electron chi connectivity index (χ2n) is 2.89. The van der Waals surface area contributed by atoms with Gasteiger partial charge < -0.3 is 14.6 Å². The summed E-state index contributed by atoms with van der Waals surface area (Å²) in [5, 5.41) is 8.89. The summed E-state index contributed by atoms with van der Waals surface area (Å²) in [6.45, 7) is 1.41. The highest BCUT2D eigenvalue weighted by Gasteiger charge is 2.16. The summed E-state index contributed by atoms with van der Waals surface area (Å²) in [5.41, 5.74) is 0.940. The summed E-state index contributed by atoms with van der Waals surface area (Å²) >= 11 is 0. The van der Waals surface area contributed by atoms with Gasteiger partial charge >= 0.3 is 0 Å². The highest BCUT2D eigenvalue weighted by atomic mass is 19.1. The first-order valence-corrected chi connectivity index (χ1v) is 4.16. The van der Waals surface area contributed by atoms with E-state index in [0.717, 1.165) is 5.56 Å². The highest BCUT2D eigenvalue weighted by molar-refractivity contribution is 5.50. The van der Waals surface area contributed by atoms with E-state index in [2.05, 4.69) is 0 Å². The molecular weight excluding hydrogens is 187 g/mol. The Labute approximate surface area is 82.1 Å². The molecule has 0 bridgehead atoms. The molecule has 1 rings (SSSR count). The molecular formula is C10H13FO3. The molecule has 0 saturated heterocycles. The van der Waals surface area contributed by atoms with Crippen LogP contribution in [0.5, 0.6) is 11.5 Å². The lowest BCUT2D eigenvalue weighted by Gasteiger charge is -2.13. The molecule has 4 heteroatoms. The molecule has 3 nitrogen and oxygen atoms in total. The molecule has 0 radical (unpaired) electrons. The monoisotopic (exact) mass is 200 g/mol. The van der Waals surface area contributed by atoms with Crippen molar-refractivity contribution in [2.24, 2.45) is 0 Å². The maximum atomic E-state index is 13.5. The number of methoxy groups -OCH3 is 2. The van der Waals surface area contributed by atoms with Crippen molar-refractivity contribution in [3.63, 3.8) is 0 Å². The molecule has 0 aliphatic heterocycles. The number of aliphatic hydroxyl groups excluding tert-OH is 1. The van der Waals surface area contributed by atoms with Crippen LogP contribution in [0.2, 0.25) is 0 Å². The number of rotatable bonds is 3. The Bertz CT molecular complexity index is 337. The molecule has 0 aromatic heterocycles. The maximum Gasteiger partial charge on any atom is 0.197 e. The average Bonchev–Trinajstić information content (AvgIpc) is 2.20. The first kappa shape index (κ1) is 10.8. The van der Waals surface area contributed by atoms with Crippen molar-refractivity contribution < 1.29 is 19.0 Å². The third-order valence-electron chi connectivity index (χ3n) is 2.01. The van der Waals surface area contributed by atoms with Gasteiger partial charge in [0.2, 0.25) is 0 Å². The molecule has 0 saturated carbocycles. The van der Waals surface area contributed by atoms with Gasteiger partial charge in [0.15, 0.2) is 17.3 Å². The summed E-state index contributed by atoms with van der Waals surface area (Å²) in [5.74, 6) is -0.170. The van der Waals surface area contributed by atoms with E-state index in [0.29, 0.717) is 5.75 Å². The van der Waals surface area contributed by atoms with Crippen LogP contribution in [0.25, 0.3) is 0 Å². The lowest BCUT2D eigenvalue weighted by Crippen LogP contribution is -2.00. The molecule has 0 fully saturated rings. The van der Waals surface area contributed by atoms with Crippen LogP contribution in [0.15, 0.2) is 6.07 Å². The van der Waals surface area contributed by atoms with Crippen LogP contribution < -0.4 is 9.47 Å². The minimum absolute atomic E-state index is 0.0385. The zero-order valence-electron chi connectivity index (χ0n) is 8.43. The van der Waals surface area contributed by atoms with Gasteiger partial charge in [-0.25, -0.2) is 4.39 Å². The van der Waals surface area contributed by atoms with Gasteiger partial charge in [0.25, 0.3) is 0 Å². The zero-order chi connectivity index (χ0) is 10.7. The van der Waals surface area contributed by atoms with Crippen molar-refractivity contribution >= 4 is 0 Å². The van der Waals surface area contributed by atoms with Crippen LogP contribution >= 0.6 is 0 Å². The second-order valence-corrected chi connectivity index (χ2v) is 2.89. The highest BCUT2D eigenvalue weighted by Crippen LogP contribution is 2.35. The predicted octanol–water partition coefficient (Wildman–Crippen LogP) is 1.64. The van der Waals surface area contributed by atoms with E-state index in [-0.39, 0.29) is 17.9 Å². The first-order valence-electron chi connectivity index (χ1n) is 4.16. The van der Waals surface area contributed by atoms with E-state index in [9.17, 15) is 4.39 Å². The van der Waals surface area contributed by atoms with Crippen LogP contribution in [0.3, 0.4) is 0 Å². The lowest BCUT2D eigenvalue weighted by atomic mass is 10.1. The van der Waals surface area contributed by atoms with Crippen molar-refractivity contribution in [3.8, 4) is 11.5 Å². The van der Waals surface area contributed by atoms with Crippen LogP contribution in [0, 0.1) is 12.7 Å². The predicted molar refractivity (Wildman–Crippen MR) is 50.2 cm³/mol. The van der Waals surface area contributed by atoms with E-state index in [1.54, 1.807) is 6.92 Å². The molecule has 0 aliphatic rings. The fourth-order valence-electron chi connectivity index (χ4n) is 1.37. The van der Waals surface area contributed by atoms with Crippen LogP contribution in [-0.4, -0.2) is 19.3 Å². The molecule has 1 aromatic rings. The Morgan fingerprint density at radius 1 is 1.29 bits per heavy atom. The minimum atomic E-state index is -0.572. The second kappa shape index (κ2) is 4.28. The van der Waals surface area contributed by atoms with Gasteiger partial charge in [-0.2, -0.15) is 0 Å². The Kier molecular flexibility index (Phi) is 3.30. The summed E-state index contributed by atoms with van der Waals surface area (Å²) in [4.78, 5) is 0. The number of hydrogen-bond donors (Lipinski definition) is 1. The molecule has 0 unspecified atom stereocenters. The molecule has 0 amide bonds. The standard InChI is InChI=1S/C10H13FO3/c1-6-4-7(5-12)8(11)10(14-3)9(6)13-2/h4,12H,5H2,1-3H3. The minimum Gasteiger partial charge on any atom is -0.492 e. The van der Waals surface area contributed by atoms with Crippen molar-refractivity contribution in [1.82, 2.24) is 0 Å². The molecule has 0 spiro atoms. The summed E-state index contributed by atoms with van der Waals surface area (Å²) in [6, 6.07) is 1.54. The van der Waals surface area contributed by atoms with E-state index >= 15 is 0 Å². The van der Waals surface area contributed by atoms with Crippen LogP contribution in [0.4, 0.5) is 4.39 Å². The van der Waals surface area contributed by atoms with Crippen molar-refractivity contribution in [2.75, 3.05) is 14.2 Å². The number of benzene rings is 1. The largest absolute Gasteiger partial charge is 0.492 e. The van der Waals surface area contributed by atoms with Gasteiger partial charge in [0, 0.05) is 5.56 Å². The first-order chi connectivity index (χ1) is 6.65. The number of halogens is 1. The molecule has 0 aliphatic carbocycles. The van der Waals surface area contributed by atoms with Gasteiger partial charge in [-0.3, -0.25) is 0 Å². The normalized spacial score (nSPS) is 10.1. The van der Waals surface area contributed by atoms with E-state index in [4.69, 9.17) is 14.6 Å². The third kappa shape index (κ3) is 1.65. The number of aliphatic hydroxyl groups is 1. The quantitative estimate of drug-likeness (QED) is 0.806. The molecule has 1 aromatic carbocycles. The van der Waals surface area contributed by atoms with Gasteiger partial charge in [-0.15, -0.1) is 0 Å². The number of hydrogen-bond acceptors (Lipinski definition) is 3. The van der Waals surface area contributed by atoms with Gasteiger partial charge in [0.05, 0.1) is 20.8 Å². The Morgan fingerprint density at radius 2 is 1.86 bits per heavy atom. The van der Waals surface area contributed by atoms with Gasteiger partial charge in [-0.1, -0.05) is 0 Å². The smallest absolute Gasteiger partial charge is 0.197 e. The molecule has 78 valence electrons. The van der Waals surface area contributed by atoms with Gasteiger partial charge in [-0.05, 0) is 18.6 Å². The molecule has 14 heavy (non-hydrogen) atoms. The molecule has 0 heterocycles. The molecule has 1 N–H and O–H groups in total. The zero-order valence-corrected chi connectivity index (χ0v) is 8.43. The fourth-order valence-corrected chi connectivity index (χ4v) is 1.37. The Hall–Kier alpha value is -1.29. The SMILES string of the molecule is COc1c(C)cc(CO)c(F)c1OC. The van der Waals surface area contributed by atoms with Crippen molar-refractivity contribution in [1.29, 1.82) is 0 Å². The van der Waals surface area contributed by atoms with Crippen molar-refractivity contribution in [3.05, 3.63) is 23.0 Å².